The van der Waals surface area contributed by atoms with Crippen LogP contribution in [0.4, 0.5) is 4.39 Å². The molecule has 152 valence electrons. The van der Waals surface area contributed by atoms with Crippen molar-refractivity contribution in [3.8, 4) is 0 Å². The minimum atomic E-state index is -3.82. The quantitative estimate of drug-likeness (QED) is 0.554. The Morgan fingerprint density at radius 3 is 2.38 bits per heavy atom. The summed E-state index contributed by atoms with van der Waals surface area (Å²) in [6.07, 6.45) is 1.34. The van der Waals surface area contributed by atoms with Crippen molar-refractivity contribution in [2.24, 2.45) is 0 Å². The van der Waals surface area contributed by atoms with Crippen LogP contribution in [0.25, 0.3) is 0 Å². The van der Waals surface area contributed by atoms with E-state index in [4.69, 9.17) is 4.42 Å². The molecule has 3 aromatic rings. The smallest absolute Gasteiger partial charge is 0.309 e. The van der Waals surface area contributed by atoms with E-state index < -0.39 is 32.7 Å². The summed E-state index contributed by atoms with van der Waals surface area (Å²) in [5.74, 6) is -2.16. The number of furan rings is 1. The average molecular weight is 436 g/mol. The van der Waals surface area contributed by atoms with Gasteiger partial charge in [0.2, 0.25) is 0 Å². The Bertz CT molecular complexity index is 1060. The van der Waals surface area contributed by atoms with Gasteiger partial charge in [-0.05, 0) is 41.3 Å². The maximum atomic E-state index is 12.9. The van der Waals surface area contributed by atoms with E-state index >= 15 is 0 Å². The lowest BCUT2D eigenvalue weighted by Crippen LogP contribution is -2.42. The summed E-state index contributed by atoms with van der Waals surface area (Å²) in [4.78, 5) is 24.1. The molecule has 2 N–H and O–H groups in total. The van der Waals surface area contributed by atoms with Crippen molar-refractivity contribution < 1.29 is 26.8 Å². The highest BCUT2D eigenvalue weighted by Crippen LogP contribution is 2.31. The van der Waals surface area contributed by atoms with Crippen molar-refractivity contribution in [2.75, 3.05) is 6.54 Å². The normalized spacial score (nSPS) is 12.3. The third kappa shape index (κ3) is 5.09. The fourth-order valence-corrected chi connectivity index (χ4v) is 5.33. The van der Waals surface area contributed by atoms with Crippen LogP contribution in [0.3, 0.4) is 0 Å². The van der Waals surface area contributed by atoms with Gasteiger partial charge < -0.3 is 15.1 Å². The molecule has 29 heavy (non-hydrogen) atoms. The predicted molar refractivity (Wildman–Crippen MR) is 104 cm³/mol. The van der Waals surface area contributed by atoms with Crippen LogP contribution in [0, 0.1) is 5.82 Å². The molecule has 10 heteroatoms. The molecule has 1 aromatic carbocycles. The number of carbonyl (C=O) groups excluding carboxylic acids is 2. The number of hydrogen-bond donors (Lipinski definition) is 2. The molecule has 0 aliphatic heterocycles. The Morgan fingerprint density at radius 1 is 1.03 bits per heavy atom. The minimum Gasteiger partial charge on any atom is -0.468 e. The van der Waals surface area contributed by atoms with Crippen molar-refractivity contribution in [3.63, 3.8) is 0 Å². The molecule has 0 spiro atoms. The van der Waals surface area contributed by atoms with Gasteiger partial charge >= 0.3 is 11.8 Å². The molecule has 0 fully saturated rings. The Balaban J connectivity index is 1.64. The summed E-state index contributed by atoms with van der Waals surface area (Å²) in [6.45, 7) is -0.307. The fraction of sp³-hybridized carbons (Fsp3) is 0.158. The molecule has 0 radical (unpaired) electrons. The van der Waals surface area contributed by atoms with Crippen LogP contribution >= 0.6 is 11.3 Å². The zero-order valence-corrected chi connectivity index (χ0v) is 16.6. The van der Waals surface area contributed by atoms with Crippen LogP contribution < -0.4 is 10.6 Å². The Hall–Kier alpha value is -2.98. The largest absolute Gasteiger partial charge is 0.468 e. The number of thiophene rings is 1. The van der Waals surface area contributed by atoms with Crippen molar-refractivity contribution in [3.05, 3.63) is 77.3 Å². The van der Waals surface area contributed by atoms with E-state index in [-0.39, 0.29) is 23.1 Å². The molecule has 2 amide bonds. The van der Waals surface area contributed by atoms with Gasteiger partial charge in [-0.3, -0.25) is 9.59 Å². The number of benzene rings is 1. The molecule has 0 saturated carbocycles. The van der Waals surface area contributed by atoms with Gasteiger partial charge in [0.1, 0.15) is 21.0 Å². The summed E-state index contributed by atoms with van der Waals surface area (Å²) in [5.41, 5.74) is 0.612. The molecule has 7 nitrogen and oxygen atoms in total. The highest BCUT2D eigenvalue weighted by Gasteiger charge is 2.33. The standard InChI is InChI=1S/C19H17FN2O5S2/c20-14-7-5-13(6-8-14)11-21-18(23)19(24)22-12-16(15-3-1-9-27-15)29(25,26)17-4-2-10-28-17/h1-10,16H,11-12H2,(H,21,23)(H,22,24). The molecular formula is C19H17FN2O5S2. The Morgan fingerprint density at radius 2 is 1.76 bits per heavy atom. The second kappa shape index (κ2) is 9.01. The number of sulfone groups is 1. The maximum Gasteiger partial charge on any atom is 0.309 e. The van der Waals surface area contributed by atoms with E-state index in [9.17, 15) is 22.4 Å². The van der Waals surface area contributed by atoms with E-state index in [0.717, 1.165) is 11.3 Å². The van der Waals surface area contributed by atoms with Gasteiger partial charge in [-0.1, -0.05) is 18.2 Å². The first kappa shape index (κ1) is 20.7. The first-order valence-corrected chi connectivity index (χ1v) is 10.9. The lowest BCUT2D eigenvalue weighted by molar-refractivity contribution is -0.139. The molecule has 0 bridgehead atoms. The van der Waals surface area contributed by atoms with E-state index in [1.807, 2.05) is 0 Å². The summed E-state index contributed by atoms with van der Waals surface area (Å²) >= 11 is 1.05. The number of rotatable bonds is 7. The second-order valence-electron chi connectivity index (χ2n) is 6.00. The SMILES string of the molecule is O=C(NCc1ccc(F)cc1)C(=O)NCC(c1ccco1)S(=O)(=O)c1cccs1. The fourth-order valence-electron chi connectivity index (χ4n) is 2.53. The zero-order valence-electron chi connectivity index (χ0n) is 15.0. The Labute approximate surface area is 170 Å². The third-order valence-electron chi connectivity index (χ3n) is 4.03. The molecule has 0 aliphatic carbocycles. The van der Waals surface area contributed by atoms with Crippen LogP contribution in [0.5, 0.6) is 0 Å². The number of amides is 2. The van der Waals surface area contributed by atoms with Crippen molar-refractivity contribution in [2.45, 2.75) is 16.0 Å². The van der Waals surface area contributed by atoms with Crippen LogP contribution in [-0.4, -0.2) is 26.8 Å². The van der Waals surface area contributed by atoms with Crippen LogP contribution in [-0.2, 0) is 26.0 Å². The molecule has 2 aromatic heterocycles. The number of hydrogen-bond acceptors (Lipinski definition) is 6. The van der Waals surface area contributed by atoms with E-state index in [2.05, 4.69) is 10.6 Å². The molecule has 0 saturated heterocycles. The Kier molecular flexibility index (Phi) is 6.45. The van der Waals surface area contributed by atoms with E-state index in [1.54, 1.807) is 17.5 Å². The summed E-state index contributed by atoms with van der Waals surface area (Å²) in [7, 11) is -3.82. The van der Waals surface area contributed by atoms with Gasteiger partial charge in [-0.15, -0.1) is 11.3 Å². The van der Waals surface area contributed by atoms with Gasteiger partial charge in [0.05, 0.1) is 6.26 Å². The maximum absolute atomic E-state index is 12.9. The van der Waals surface area contributed by atoms with Gasteiger partial charge in [0.15, 0.2) is 9.84 Å². The monoisotopic (exact) mass is 436 g/mol. The lowest BCUT2D eigenvalue weighted by Gasteiger charge is -2.15. The average Bonchev–Trinajstić information content (AvgIpc) is 3.41. The molecule has 1 unspecified atom stereocenters. The predicted octanol–water partition coefficient (Wildman–Crippen LogP) is 2.43. The summed E-state index contributed by atoms with van der Waals surface area (Å²) in [6, 6.07) is 11.6. The molecule has 3 rings (SSSR count). The highest BCUT2D eigenvalue weighted by molar-refractivity contribution is 7.93. The summed E-state index contributed by atoms with van der Waals surface area (Å²) in [5, 5.41) is 5.19. The highest BCUT2D eigenvalue weighted by atomic mass is 32.2. The van der Waals surface area contributed by atoms with Crippen LogP contribution in [0.2, 0.25) is 0 Å². The lowest BCUT2D eigenvalue weighted by atomic mass is 10.2. The van der Waals surface area contributed by atoms with Gasteiger partial charge in [-0.25, -0.2) is 12.8 Å². The molecule has 0 aliphatic rings. The van der Waals surface area contributed by atoms with Gasteiger partial charge in [0.25, 0.3) is 0 Å². The number of carbonyl (C=O) groups is 2. The minimum absolute atomic E-state index is 0.0294. The topological polar surface area (TPSA) is 105 Å². The second-order valence-corrected chi connectivity index (χ2v) is 9.31. The third-order valence-corrected chi connectivity index (χ3v) is 7.52. The number of halogens is 1. The zero-order chi connectivity index (χ0) is 20.9. The van der Waals surface area contributed by atoms with Crippen LogP contribution in [0.1, 0.15) is 16.6 Å². The van der Waals surface area contributed by atoms with Crippen molar-refractivity contribution in [1.82, 2.24) is 10.6 Å². The van der Waals surface area contributed by atoms with Crippen molar-refractivity contribution >= 4 is 33.0 Å². The number of nitrogens with one attached hydrogen (secondary N) is 2. The van der Waals surface area contributed by atoms with Crippen LogP contribution in [0.15, 0.2) is 68.8 Å². The van der Waals surface area contributed by atoms with Gasteiger partial charge in [0, 0.05) is 13.1 Å². The first-order valence-electron chi connectivity index (χ1n) is 8.49. The molecule has 2 heterocycles. The van der Waals surface area contributed by atoms with E-state index in [0.29, 0.717) is 5.56 Å². The molecule has 1 atom stereocenters. The van der Waals surface area contributed by atoms with Crippen molar-refractivity contribution in [1.29, 1.82) is 0 Å². The first-order chi connectivity index (χ1) is 13.9. The molecular weight excluding hydrogens is 419 g/mol. The van der Waals surface area contributed by atoms with Gasteiger partial charge in [-0.2, -0.15) is 0 Å². The van der Waals surface area contributed by atoms with E-state index in [1.165, 1.54) is 42.7 Å². The summed E-state index contributed by atoms with van der Waals surface area (Å²) < 4.78 is 44.0.